The van der Waals surface area contributed by atoms with Gasteiger partial charge in [-0.2, -0.15) is 0 Å². The second-order valence-electron chi connectivity index (χ2n) is 5.34. The highest BCUT2D eigenvalue weighted by molar-refractivity contribution is 8.00. The Kier molecular flexibility index (Phi) is 7.29. The molecule has 0 aliphatic carbocycles. The number of carbonyl (C=O) groups excluding carboxylic acids is 2. The Hall–Kier alpha value is -2.73. The molecule has 0 saturated heterocycles. The van der Waals surface area contributed by atoms with Crippen LogP contribution in [0, 0.1) is 6.92 Å². The van der Waals surface area contributed by atoms with Gasteiger partial charge in [0.05, 0.1) is 20.0 Å². The van der Waals surface area contributed by atoms with Gasteiger partial charge >= 0.3 is 11.9 Å². The molecule has 0 radical (unpaired) electrons. The topological polar surface area (TPSA) is 61.8 Å². The summed E-state index contributed by atoms with van der Waals surface area (Å²) in [4.78, 5) is 24.2. The minimum atomic E-state index is -0.451. The largest absolute Gasteiger partial charge is 0.493 e. The third-order valence-corrected chi connectivity index (χ3v) is 4.39. The van der Waals surface area contributed by atoms with Gasteiger partial charge in [-0.25, -0.2) is 4.79 Å². The van der Waals surface area contributed by atoms with E-state index < -0.39 is 5.97 Å². The maximum atomic E-state index is 12.1. The first kappa shape index (κ1) is 19.6. The van der Waals surface area contributed by atoms with E-state index in [0.717, 1.165) is 10.5 Å². The highest BCUT2D eigenvalue weighted by atomic mass is 32.2. The third kappa shape index (κ3) is 5.97. The van der Waals surface area contributed by atoms with Gasteiger partial charge in [0.15, 0.2) is 11.5 Å². The lowest BCUT2D eigenvalue weighted by molar-refractivity contribution is -0.135. The zero-order valence-electron chi connectivity index (χ0n) is 14.9. The van der Waals surface area contributed by atoms with Gasteiger partial charge < -0.3 is 14.2 Å². The van der Waals surface area contributed by atoms with E-state index in [1.54, 1.807) is 24.3 Å². The third-order valence-electron chi connectivity index (χ3n) is 3.40. The van der Waals surface area contributed by atoms with E-state index in [4.69, 9.17) is 9.47 Å². The van der Waals surface area contributed by atoms with Crippen LogP contribution in [0.5, 0.6) is 11.5 Å². The van der Waals surface area contributed by atoms with E-state index in [1.807, 2.05) is 31.2 Å². The van der Waals surface area contributed by atoms with E-state index >= 15 is 0 Å². The van der Waals surface area contributed by atoms with E-state index in [1.165, 1.54) is 37.6 Å². The first-order valence-electron chi connectivity index (χ1n) is 7.86. The normalized spacial score (nSPS) is 10.6. The van der Waals surface area contributed by atoms with Crippen molar-refractivity contribution in [1.29, 1.82) is 0 Å². The zero-order valence-corrected chi connectivity index (χ0v) is 15.7. The predicted octanol–water partition coefficient (Wildman–Crippen LogP) is 3.89. The van der Waals surface area contributed by atoms with Crippen molar-refractivity contribution in [2.75, 3.05) is 20.0 Å². The molecule has 136 valence electrons. The molecule has 6 heteroatoms. The Labute approximate surface area is 157 Å². The van der Waals surface area contributed by atoms with Crippen LogP contribution in [0.25, 0.3) is 6.08 Å². The predicted molar refractivity (Wildman–Crippen MR) is 102 cm³/mol. The number of esters is 2. The van der Waals surface area contributed by atoms with Crippen molar-refractivity contribution in [3.8, 4) is 11.5 Å². The number of rotatable bonds is 7. The minimum absolute atomic E-state index is 0.191. The maximum absolute atomic E-state index is 12.1. The van der Waals surface area contributed by atoms with Gasteiger partial charge in [0, 0.05) is 11.0 Å². The van der Waals surface area contributed by atoms with Crippen molar-refractivity contribution in [2.45, 2.75) is 11.8 Å². The summed E-state index contributed by atoms with van der Waals surface area (Å²) in [6, 6.07) is 13.0. The second-order valence-corrected chi connectivity index (χ2v) is 6.39. The van der Waals surface area contributed by atoms with Crippen LogP contribution in [0.1, 0.15) is 11.1 Å². The van der Waals surface area contributed by atoms with Crippen molar-refractivity contribution in [2.24, 2.45) is 0 Å². The molecule has 2 rings (SSSR count). The molecular formula is C20H20O5S. The Morgan fingerprint density at radius 1 is 1.04 bits per heavy atom. The summed E-state index contributed by atoms with van der Waals surface area (Å²) in [5, 5.41) is 0. The first-order chi connectivity index (χ1) is 12.5. The number of methoxy groups -OCH3 is 2. The van der Waals surface area contributed by atoms with Crippen LogP contribution in [0.4, 0.5) is 0 Å². The molecule has 0 atom stereocenters. The lowest BCUT2D eigenvalue weighted by atomic mass is 10.2. The highest BCUT2D eigenvalue weighted by Gasteiger charge is 2.11. The molecule has 0 unspecified atom stereocenters. The Bertz CT molecular complexity index is 796. The van der Waals surface area contributed by atoms with Crippen LogP contribution in [0.2, 0.25) is 0 Å². The van der Waals surface area contributed by atoms with Gasteiger partial charge in [0.25, 0.3) is 0 Å². The summed E-state index contributed by atoms with van der Waals surface area (Å²) in [6.45, 7) is 2.01. The molecule has 5 nitrogen and oxygen atoms in total. The molecule has 0 bridgehead atoms. The van der Waals surface area contributed by atoms with Gasteiger partial charge in [0.1, 0.15) is 0 Å². The minimum Gasteiger partial charge on any atom is -0.493 e. The molecular weight excluding hydrogens is 352 g/mol. The lowest BCUT2D eigenvalue weighted by Crippen LogP contribution is -2.11. The Morgan fingerprint density at radius 2 is 1.77 bits per heavy atom. The molecule has 0 amide bonds. The Balaban J connectivity index is 1.99. The molecule has 0 aliphatic rings. The van der Waals surface area contributed by atoms with Gasteiger partial charge in [-0.1, -0.05) is 23.8 Å². The number of thioether (sulfide) groups is 1. The van der Waals surface area contributed by atoms with Crippen molar-refractivity contribution in [1.82, 2.24) is 0 Å². The lowest BCUT2D eigenvalue weighted by Gasteiger charge is -2.10. The summed E-state index contributed by atoms with van der Waals surface area (Å²) in [7, 11) is 2.80. The fourth-order valence-electron chi connectivity index (χ4n) is 2.03. The van der Waals surface area contributed by atoms with E-state index in [2.05, 4.69) is 4.74 Å². The molecule has 0 heterocycles. The number of hydrogen-bond acceptors (Lipinski definition) is 6. The number of aryl methyl sites for hydroxylation is 1. The SMILES string of the molecule is COC(=O)/C=C/c1ccc(OC(=O)CSc2ccc(C)cc2)c(OC)c1. The molecule has 2 aromatic carbocycles. The van der Waals surface area contributed by atoms with Crippen molar-refractivity contribution >= 4 is 29.8 Å². The fourth-order valence-corrected chi connectivity index (χ4v) is 2.71. The van der Waals surface area contributed by atoms with Crippen LogP contribution in [-0.2, 0) is 14.3 Å². The zero-order chi connectivity index (χ0) is 18.9. The standard InChI is InChI=1S/C20H20O5S/c1-14-4-8-16(9-5-14)26-13-20(22)25-17-10-6-15(12-18(17)23-2)7-11-19(21)24-3/h4-12H,13H2,1-3H3/b11-7+. The number of ether oxygens (including phenoxy) is 3. The molecule has 0 aliphatic heterocycles. The van der Waals surface area contributed by atoms with Crippen LogP contribution in [0.15, 0.2) is 53.4 Å². The van der Waals surface area contributed by atoms with E-state index in [0.29, 0.717) is 11.5 Å². The van der Waals surface area contributed by atoms with Crippen molar-refractivity contribution in [3.63, 3.8) is 0 Å². The summed E-state index contributed by atoms with van der Waals surface area (Å²) >= 11 is 1.41. The fraction of sp³-hybridized carbons (Fsp3) is 0.200. The molecule has 0 saturated carbocycles. The molecule has 26 heavy (non-hydrogen) atoms. The summed E-state index contributed by atoms with van der Waals surface area (Å²) in [5.74, 6) is 0.109. The second kappa shape index (κ2) is 9.68. The number of benzene rings is 2. The summed E-state index contributed by atoms with van der Waals surface area (Å²) < 4.78 is 15.2. The molecule has 0 spiro atoms. The number of hydrogen-bond donors (Lipinski definition) is 0. The summed E-state index contributed by atoms with van der Waals surface area (Å²) in [5.41, 5.74) is 1.89. The highest BCUT2D eigenvalue weighted by Crippen LogP contribution is 2.29. The van der Waals surface area contributed by atoms with Gasteiger partial charge in [-0.3, -0.25) is 4.79 Å². The van der Waals surface area contributed by atoms with Crippen molar-refractivity contribution < 1.29 is 23.8 Å². The van der Waals surface area contributed by atoms with Gasteiger partial charge in [-0.05, 0) is 42.8 Å². The van der Waals surface area contributed by atoms with Crippen LogP contribution in [-0.4, -0.2) is 31.9 Å². The van der Waals surface area contributed by atoms with Crippen molar-refractivity contribution in [3.05, 3.63) is 59.7 Å². The maximum Gasteiger partial charge on any atom is 0.330 e. The molecule has 0 fully saturated rings. The molecule has 0 N–H and O–H groups in total. The van der Waals surface area contributed by atoms with E-state index in [9.17, 15) is 9.59 Å². The monoisotopic (exact) mass is 372 g/mol. The molecule has 0 aromatic heterocycles. The first-order valence-corrected chi connectivity index (χ1v) is 8.84. The summed E-state index contributed by atoms with van der Waals surface area (Å²) in [6.07, 6.45) is 2.89. The smallest absolute Gasteiger partial charge is 0.330 e. The quantitative estimate of drug-likeness (QED) is 0.318. The Morgan fingerprint density at radius 3 is 2.42 bits per heavy atom. The van der Waals surface area contributed by atoms with E-state index in [-0.39, 0.29) is 11.7 Å². The average molecular weight is 372 g/mol. The molecule has 2 aromatic rings. The number of carbonyl (C=O) groups is 2. The van der Waals surface area contributed by atoms with Gasteiger partial charge in [0.2, 0.25) is 0 Å². The van der Waals surface area contributed by atoms with Gasteiger partial charge in [-0.15, -0.1) is 11.8 Å². The van der Waals surface area contributed by atoms with Crippen LogP contribution < -0.4 is 9.47 Å². The van der Waals surface area contributed by atoms with Crippen LogP contribution >= 0.6 is 11.8 Å². The van der Waals surface area contributed by atoms with Crippen LogP contribution in [0.3, 0.4) is 0 Å². The average Bonchev–Trinajstić information content (AvgIpc) is 2.66.